The molecule has 1 heterocycles. The second kappa shape index (κ2) is 4.57. The number of hydrogen-bond donors (Lipinski definition) is 1. The third kappa shape index (κ3) is 2.33. The van der Waals surface area contributed by atoms with Gasteiger partial charge in [0.2, 0.25) is 0 Å². The van der Waals surface area contributed by atoms with Crippen molar-refractivity contribution in [2.75, 3.05) is 6.54 Å². The molecule has 2 aromatic rings. The monoisotopic (exact) mass is 199 g/mol. The van der Waals surface area contributed by atoms with Crippen LogP contribution in [-0.2, 0) is 0 Å². The fraction of sp³-hybridized carbons (Fsp3) is 0.0833. The van der Waals surface area contributed by atoms with Crippen LogP contribution in [0.5, 0.6) is 0 Å². The molecule has 0 aliphatic heterocycles. The molecule has 0 spiro atoms. The minimum atomic E-state index is 0.570. The molecule has 0 saturated heterocycles. The summed E-state index contributed by atoms with van der Waals surface area (Å²) in [5.74, 6) is 0. The van der Waals surface area contributed by atoms with Crippen LogP contribution in [0, 0.1) is 0 Å². The lowest BCUT2D eigenvalue weighted by molar-refractivity contribution is 0.880. The number of rotatable bonds is 3. The molecule has 0 amide bonds. The molecule has 3 nitrogen and oxygen atoms in total. The van der Waals surface area contributed by atoms with Crippen molar-refractivity contribution in [1.82, 2.24) is 9.78 Å². The Kier molecular flexibility index (Phi) is 2.95. The van der Waals surface area contributed by atoms with Crippen LogP contribution in [0.2, 0.25) is 0 Å². The predicted molar refractivity (Wildman–Crippen MR) is 61.7 cm³/mol. The highest BCUT2D eigenvalue weighted by atomic mass is 15.3. The standard InChI is InChI=1S/C12H13N3/c13-8-1-3-11-4-6-12(7-5-11)15-10-2-9-14-15/h1-7,9-10H,8,13H2/b3-1+. The Labute approximate surface area is 88.8 Å². The van der Waals surface area contributed by atoms with Crippen LogP contribution in [0.25, 0.3) is 11.8 Å². The molecule has 1 aromatic carbocycles. The third-order valence-corrected chi connectivity index (χ3v) is 2.11. The fourth-order valence-electron chi connectivity index (χ4n) is 1.36. The largest absolute Gasteiger partial charge is 0.327 e. The molecular formula is C12H13N3. The fourth-order valence-corrected chi connectivity index (χ4v) is 1.36. The molecule has 0 atom stereocenters. The molecule has 2 rings (SSSR count). The summed E-state index contributed by atoms with van der Waals surface area (Å²) in [6.45, 7) is 0.570. The zero-order valence-electron chi connectivity index (χ0n) is 8.38. The first kappa shape index (κ1) is 9.68. The van der Waals surface area contributed by atoms with Gasteiger partial charge in [0.15, 0.2) is 0 Å². The number of benzene rings is 1. The van der Waals surface area contributed by atoms with Gasteiger partial charge in [-0.25, -0.2) is 4.68 Å². The second-order valence-corrected chi connectivity index (χ2v) is 3.18. The summed E-state index contributed by atoms with van der Waals surface area (Å²) in [4.78, 5) is 0. The SMILES string of the molecule is NC/C=C/c1ccc(-n2cccn2)cc1. The maximum absolute atomic E-state index is 5.38. The highest BCUT2D eigenvalue weighted by Crippen LogP contribution is 2.09. The highest BCUT2D eigenvalue weighted by molar-refractivity contribution is 5.51. The molecule has 1 aromatic heterocycles. The van der Waals surface area contributed by atoms with Gasteiger partial charge in [-0.1, -0.05) is 24.3 Å². The first-order valence-corrected chi connectivity index (χ1v) is 4.87. The quantitative estimate of drug-likeness (QED) is 0.819. The Morgan fingerprint density at radius 3 is 2.67 bits per heavy atom. The first-order chi connectivity index (χ1) is 7.40. The van der Waals surface area contributed by atoms with Crippen LogP contribution in [-0.4, -0.2) is 16.3 Å². The summed E-state index contributed by atoms with van der Waals surface area (Å²) < 4.78 is 1.83. The van der Waals surface area contributed by atoms with E-state index in [9.17, 15) is 0 Å². The summed E-state index contributed by atoms with van der Waals surface area (Å²) in [6, 6.07) is 10.1. The summed E-state index contributed by atoms with van der Waals surface area (Å²) in [5.41, 5.74) is 7.59. The normalized spacial score (nSPS) is 11.0. The maximum atomic E-state index is 5.38. The summed E-state index contributed by atoms with van der Waals surface area (Å²) >= 11 is 0. The molecule has 0 bridgehead atoms. The van der Waals surface area contributed by atoms with Crippen LogP contribution in [0.1, 0.15) is 5.56 Å². The molecular weight excluding hydrogens is 186 g/mol. The molecule has 0 aliphatic rings. The zero-order valence-corrected chi connectivity index (χ0v) is 8.38. The minimum absolute atomic E-state index is 0.570. The molecule has 0 unspecified atom stereocenters. The van der Waals surface area contributed by atoms with E-state index in [4.69, 9.17) is 5.73 Å². The molecule has 3 heteroatoms. The van der Waals surface area contributed by atoms with E-state index in [1.165, 1.54) is 0 Å². The van der Waals surface area contributed by atoms with Crippen LogP contribution < -0.4 is 5.73 Å². The molecule has 0 aliphatic carbocycles. The minimum Gasteiger partial charge on any atom is -0.327 e. The van der Waals surface area contributed by atoms with Gasteiger partial charge in [0, 0.05) is 18.9 Å². The lowest BCUT2D eigenvalue weighted by Crippen LogP contribution is -1.94. The average Bonchev–Trinajstić information content (AvgIpc) is 2.80. The lowest BCUT2D eigenvalue weighted by Gasteiger charge is -2.01. The second-order valence-electron chi connectivity index (χ2n) is 3.18. The van der Waals surface area contributed by atoms with E-state index in [2.05, 4.69) is 5.10 Å². The van der Waals surface area contributed by atoms with Gasteiger partial charge >= 0.3 is 0 Å². The molecule has 0 fully saturated rings. The van der Waals surface area contributed by atoms with Crippen molar-refractivity contribution in [2.45, 2.75) is 0 Å². The predicted octanol–water partition coefficient (Wildman–Crippen LogP) is 1.84. The molecule has 15 heavy (non-hydrogen) atoms. The number of nitrogens with zero attached hydrogens (tertiary/aromatic N) is 2. The van der Waals surface area contributed by atoms with Crippen molar-refractivity contribution in [1.29, 1.82) is 0 Å². The van der Waals surface area contributed by atoms with E-state index in [0.29, 0.717) is 6.54 Å². The van der Waals surface area contributed by atoms with E-state index in [0.717, 1.165) is 11.3 Å². The molecule has 0 saturated carbocycles. The van der Waals surface area contributed by atoms with Gasteiger partial charge in [-0.3, -0.25) is 0 Å². The van der Waals surface area contributed by atoms with Gasteiger partial charge in [0.05, 0.1) is 5.69 Å². The zero-order chi connectivity index (χ0) is 10.5. The van der Waals surface area contributed by atoms with Crippen LogP contribution in [0.3, 0.4) is 0 Å². The van der Waals surface area contributed by atoms with E-state index in [1.54, 1.807) is 6.20 Å². The van der Waals surface area contributed by atoms with Crippen molar-refractivity contribution in [2.24, 2.45) is 5.73 Å². The summed E-state index contributed by atoms with van der Waals surface area (Å²) in [7, 11) is 0. The van der Waals surface area contributed by atoms with Crippen molar-refractivity contribution in [3.05, 3.63) is 54.4 Å². The Morgan fingerprint density at radius 2 is 2.07 bits per heavy atom. The van der Waals surface area contributed by atoms with Gasteiger partial charge in [-0.2, -0.15) is 5.10 Å². The van der Waals surface area contributed by atoms with Crippen molar-refractivity contribution in [3.8, 4) is 5.69 Å². The van der Waals surface area contributed by atoms with E-state index < -0.39 is 0 Å². The number of hydrogen-bond acceptors (Lipinski definition) is 2. The van der Waals surface area contributed by atoms with Gasteiger partial charge < -0.3 is 5.73 Å². The average molecular weight is 199 g/mol. The van der Waals surface area contributed by atoms with Gasteiger partial charge in [0.1, 0.15) is 0 Å². The number of aromatic nitrogens is 2. The van der Waals surface area contributed by atoms with E-state index in [-0.39, 0.29) is 0 Å². The van der Waals surface area contributed by atoms with Crippen LogP contribution in [0.4, 0.5) is 0 Å². The number of nitrogens with two attached hydrogens (primary N) is 1. The van der Waals surface area contributed by atoms with Crippen molar-refractivity contribution < 1.29 is 0 Å². The smallest absolute Gasteiger partial charge is 0.0645 e. The van der Waals surface area contributed by atoms with Crippen LogP contribution >= 0.6 is 0 Å². The maximum Gasteiger partial charge on any atom is 0.0645 e. The summed E-state index contributed by atoms with van der Waals surface area (Å²) in [5, 5.41) is 4.16. The highest BCUT2D eigenvalue weighted by Gasteiger charge is 1.94. The Bertz CT molecular complexity index is 426. The first-order valence-electron chi connectivity index (χ1n) is 4.87. The van der Waals surface area contributed by atoms with Gasteiger partial charge in [-0.05, 0) is 23.8 Å². The topological polar surface area (TPSA) is 43.8 Å². The molecule has 0 radical (unpaired) electrons. The van der Waals surface area contributed by atoms with E-state index >= 15 is 0 Å². The van der Waals surface area contributed by atoms with Crippen molar-refractivity contribution in [3.63, 3.8) is 0 Å². The molecule has 76 valence electrons. The van der Waals surface area contributed by atoms with Crippen molar-refractivity contribution >= 4 is 6.08 Å². The Balaban J connectivity index is 2.21. The van der Waals surface area contributed by atoms with Gasteiger partial charge in [0.25, 0.3) is 0 Å². The van der Waals surface area contributed by atoms with Crippen LogP contribution in [0.15, 0.2) is 48.8 Å². The molecule has 2 N–H and O–H groups in total. The summed E-state index contributed by atoms with van der Waals surface area (Å²) in [6.07, 6.45) is 7.63. The Morgan fingerprint density at radius 1 is 1.27 bits per heavy atom. The third-order valence-electron chi connectivity index (χ3n) is 2.11. The van der Waals surface area contributed by atoms with Gasteiger partial charge in [-0.15, -0.1) is 0 Å². The Hall–Kier alpha value is -1.87. The van der Waals surface area contributed by atoms with E-state index in [1.807, 2.05) is 53.4 Å². The lowest BCUT2D eigenvalue weighted by atomic mass is 10.2.